The first-order valence-corrected chi connectivity index (χ1v) is 6.02. The predicted octanol–water partition coefficient (Wildman–Crippen LogP) is 3.05. The minimum Gasteiger partial charge on any atom is -0.310 e. The van der Waals surface area contributed by atoms with E-state index in [4.69, 9.17) is 0 Å². The van der Waals surface area contributed by atoms with Gasteiger partial charge in [0.1, 0.15) is 0 Å². The van der Waals surface area contributed by atoms with Gasteiger partial charge in [0, 0.05) is 17.6 Å². The van der Waals surface area contributed by atoms with E-state index in [0.29, 0.717) is 6.04 Å². The molecular weight excluding hydrogens is 196 g/mol. The maximum absolute atomic E-state index is 4.52. The number of aromatic nitrogens is 1. The molecule has 16 heavy (non-hydrogen) atoms. The topological polar surface area (TPSA) is 24.9 Å². The van der Waals surface area contributed by atoms with Crippen molar-refractivity contribution in [3.8, 4) is 0 Å². The summed E-state index contributed by atoms with van der Waals surface area (Å²) in [5, 5.41) is 4.83. The van der Waals surface area contributed by atoms with Gasteiger partial charge in [0.2, 0.25) is 0 Å². The molecule has 1 fully saturated rings. The first kappa shape index (κ1) is 9.79. The molecule has 0 amide bonds. The number of rotatable bonds is 1. The third-order valence-electron chi connectivity index (χ3n) is 3.35. The number of hydrogen-bond donors (Lipinski definition) is 1. The highest BCUT2D eigenvalue weighted by molar-refractivity contribution is 5.82. The van der Waals surface area contributed by atoms with Crippen LogP contribution in [0.5, 0.6) is 0 Å². The summed E-state index contributed by atoms with van der Waals surface area (Å²) in [6.07, 6.45) is 5.74. The lowest BCUT2D eigenvalue weighted by Gasteiger charge is -2.24. The lowest BCUT2D eigenvalue weighted by atomic mass is 9.95. The predicted molar refractivity (Wildman–Crippen MR) is 66.3 cm³/mol. The molecule has 1 saturated heterocycles. The van der Waals surface area contributed by atoms with E-state index < -0.39 is 0 Å². The Labute approximate surface area is 95.7 Å². The van der Waals surface area contributed by atoms with Crippen molar-refractivity contribution in [1.29, 1.82) is 0 Å². The van der Waals surface area contributed by atoms with Gasteiger partial charge in [0.15, 0.2) is 0 Å². The van der Waals surface area contributed by atoms with Crippen LogP contribution >= 0.6 is 0 Å². The average molecular weight is 212 g/mol. The Morgan fingerprint density at radius 3 is 2.94 bits per heavy atom. The van der Waals surface area contributed by atoms with Gasteiger partial charge in [-0.25, -0.2) is 0 Å². The van der Waals surface area contributed by atoms with Crippen molar-refractivity contribution in [1.82, 2.24) is 10.3 Å². The van der Waals surface area contributed by atoms with Crippen molar-refractivity contribution in [2.24, 2.45) is 0 Å². The van der Waals surface area contributed by atoms with Crippen LogP contribution in [0.25, 0.3) is 10.9 Å². The minimum atomic E-state index is 0.493. The number of para-hydroxylation sites is 1. The maximum Gasteiger partial charge on any atom is 0.0749 e. The van der Waals surface area contributed by atoms with Crippen LogP contribution in [0.4, 0.5) is 0 Å². The van der Waals surface area contributed by atoms with Crippen LogP contribution in [0, 0.1) is 0 Å². The van der Waals surface area contributed by atoms with E-state index in [0.717, 1.165) is 12.1 Å². The van der Waals surface area contributed by atoms with E-state index in [-0.39, 0.29) is 0 Å². The van der Waals surface area contributed by atoms with Gasteiger partial charge in [0.05, 0.1) is 5.52 Å². The summed E-state index contributed by atoms with van der Waals surface area (Å²) in [4.78, 5) is 4.52. The number of hydrogen-bond acceptors (Lipinski definition) is 2. The maximum atomic E-state index is 4.52. The molecule has 1 aromatic heterocycles. The van der Waals surface area contributed by atoms with Crippen molar-refractivity contribution in [2.45, 2.75) is 25.3 Å². The fourth-order valence-electron chi connectivity index (χ4n) is 2.53. The molecule has 2 aromatic rings. The molecule has 1 aromatic carbocycles. The highest BCUT2D eigenvalue weighted by Gasteiger charge is 2.16. The molecular formula is C14H16N2. The van der Waals surface area contributed by atoms with Crippen LogP contribution in [0.15, 0.2) is 36.5 Å². The molecule has 1 atom stereocenters. The summed E-state index contributed by atoms with van der Waals surface area (Å²) in [5.74, 6) is 0. The summed E-state index contributed by atoms with van der Waals surface area (Å²) in [7, 11) is 0. The van der Waals surface area contributed by atoms with Gasteiger partial charge in [-0.15, -0.1) is 0 Å². The molecule has 0 spiro atoms. The zero-order valence-electron chi connectivity index (χ0n) is 9.32. The van der Waals surface area contributed by atoms with Crippen LogP contribution in [0.2, 0.25) is 0 Å². The van der Waals surface area contributed by atoms with Crippen LogP contribution in [-0.2, 0) is 0 Å². The fraction of sp³-hybridized carbons (Fsp3) is 0.357. The molecule has 2 nitrogen and oxygen atoms in total. The Morgan fingerprint density at radius 2 is 2.06 bits per heavy atom. The fourth-order valence-corrected chi connectivity index (χ4v) is 2.53. The highest BCUT2D eigenvalue weighted by atomic mass is 14.9. The van der Waals surface area contributed by atoms with Gasteiger partial charge in [-0.3, -0.25) is 4.98 Å². The molecule has 2 heteroatoms. The number of fused-ring (bicyclic) bond motifs is 1. The molecule has 1 N–H and O–H groups in total. The van der Waals surface area contributed by atoms with Gasteiger partial charge in [-0.2, -0.15) is 0 Å². The lowest BCUT2D eigenvalue weighted by Crippen LogP contribution is -2.26. The summed E-state index contributed by atoms with van der Waals surface area (Å²) < 4.78 is 0. The SMILES string of the molecule is c1cnc2c(C3CCCCN3)cccc2c1. The summed E-state index contributed by atoms with van der Waals surface area (Å²) in [6, 6.07) is 11.1. The quantitative estimate of drug-likeness (QED) is 0.786. The number of nitrogens with zero attached hydrogens (tertiary/aromatic N) is 1. The molecule has 0 aliphatic carbocycles. The average Bonchev–Trinajstić information content (AvgIpc) is 2.39. The van der Waals surface area contributed by atoms with Crippen molar-refractivity contribution in [3.05, 3.63) is 42.1 Å². The Hall–Kier alpha value is -1.41. The standard InChI is InChI=1S/C14H16N2/c1-2-9-15-13(8-1)12-7-3-5-11-6-4-10-16-14(11)12/h3-7,10,13,15H,1-2,8-9H2. The Bertz CT molecular complexity index is 482. The zero-order chi connectivity index (χ0) is 10.8. The third kappa shape index (κ3) is 1.69. The molecule has 1 unspecified atom stereocenters. The number of benzene rings is 1. The number of nitrogens with one attached hydrogen (secondary N) is 1. The molecule has 2 heterocycles. The van der Waals surface area contributed by atoms with E-state index >= 15 is 0 Å². The molecule has 0 saturated carbocycles. The monoisotopic (exact) mass is 212 g/mol. The number of piperidine rings is 1. The van der Waals surface area contributed by atoms with Gasteiger partial charge in [-0.05, 0) is 31.0 Å². The van der Waals surface area contributed by atoms with Gasteiger partial charge >= 0.3 is 0 Å². The summed E-state index contributed by atoms with van der Waals surface area (Å²) in [5.41, 5.74) is 2.52. The number of pyridine rings is 1. The molecule has 0 radical (unpaired) electrons. The highest BCUT2D eigenvalue weighted by Crippen LogP contribution is 2.27. The minimum absolute atomic E-state index is 0.493. The van der Waals surface area contributed by atoms with Crippen LogP contribution in [-0.4, -0.2) is 11.5 Å². The van der Waals surface area contributed by atoms with Gasteiger partial charge < -0.3 is 5.32 Å². The van der Waals surface area contributed by atoms with Crippen molar-refractivity contribution >= 4 is 10.9 Å². The van der Waals surface area contributed by atoms with Crippen LogP contribution in [0.3, 0.4) is 0 Å². The first-order valence-electron chi connectivity index (χ1n) is 6.02. The van der Waals surface area contributed by atoms with E-state index in [1.807, 2.05) is 12.3 Å². The second-order valence-corrected chi connectivity index (χ2v) is 4.42. The molecule has 0 bridgehead atoms. The van der Waals surface area contributed by atoms with Crippen LogP contribution < -0.4 is 5.32 Å². The zero-order valence-corrected chi connectivity index (χ0v) is 9.32. The molecule has 1 aliphatic rings. The first-order chi connectivity index (χ1) is 7.95. The summed E-state index contributed by atoms with van der Waals surface area (Å²) in [6.45, 7) is 1.13. The summed E-state index contributed by atoms with van der Waals surface area (Å²) >= 11 is 0. The van der Waals surface area contributed by atoms with Crippen molar-refractivity contribution < 1.29 is 0 Å². The molecule has 3 rings (SSSR count). The second kappa shape index (κ2) is 4.22. The van der Waals surface area contributed by atoms with E-state index in [9.17, 15) is 0 Å². The lowest BCUT2D eigenvalue weighted by molar-refractivity contribution is 0.414. The van der Waals surface area contributed by atoms with Crippen molar-refractivity contribution in [3.63, 3.8) is 0 Å². The Morgan fingerprint density at radius 1 is 1.12 bits per heavy atom. The smallest absolute Gasteiger partial charge is 0.0749 e. The van der Waals surface area contributed by atoms with E-state index in [1.165, 1.54) is 30.2 Å². The molecule has 1 aliphatic heterocycles. The van der Waals surface area contributed by atoms with E-state index in [2.05, 4.69) is 34.6 Å². The second-order valence-electron chi connectivity index (χ2n) is 4.42. The van der Waals surface area contributed by atoms with Gasteiger partial charge in [0.25, 0.3) is 0 Å². The Kier molecular flexibility index (Phi) is 2.58. The van der Waals surface area contributed by atoms with Gasteiger partial charge in [-0.1, -0.05) is 30.7 Å². The molecule has 82 valence electrons. The third-order valence-corrected chi connectivity index (χ3v) is 3.35. The normalized spacial score (nSPS) is 21.1. The van der Waals surface area contributed by atoms with Crippen molar-refractivity contribution in [2.75, 3.05) is 6.54 Å². The Balaban J connectivity index is 2.08. The van der Waals surface area contributed by atoms with Crippen LogP contribution in [0.1, 0.15) is 30.9 Å². The van der Waals surface area contributed by atoms with E-state index in [1.54, 1.807) is 0 Å². The largest absolute Gasteiger partial charge is 0.310 e.